The quantitative estimate of drug-likeness (QED) is 0.486. The molecule has 0 radical (unpaired) electrons. The Kier molecular flexibility index (Phi) is 8.53. The summed E-state index contributed by atoms with van der Waals surface area (Å²) in [5, 5.41) is 0. The molecule has 0 bridgehead atoms. The van der Waals surface area contributed by atoms with Crippen LogP contribution in [0.1, 0.15) is 64.9 Å². The highest BCUT2D eigenvalue weighted by molar-refractivity contribution is 6.05. The lowest BCUT2D eigenvalue weighted by atomic mass is 9.81. The molecule has 3 rings (SSSR count). The molecule has 2 aliphatic rings. The van der Waals surface area contributed by atoms with E-state index in [0.29, 0.717) is 37.8 Å². The van der Waals surface area contributed by atoms with E-state index in [1.807, 2.05) is 39.0 Å². The van der Waals surface area contributed by atoms with Crippen LogP contribution in [0.25, 0.3) is 0 Å². The number of imide groups is 1. The average molecular weight is 445 g/mol. The van der Waals surface area contributed by atoms with E-state index < -0.39 is 0 Å². The van der Waals surface area contributed by atoms with E-state index >= 15 is 0 Å². The molecule has 1 heterocycles. The van der Waals surface area contributed by atoms with Gasteiger partial charge in [0.2, 0.25) is 17.7 Å². The SMILES string of the molecule is CCCN(Cc1ccc(OCC)c(OCC)c1)C(=O)CCN1C(=O)C2CCCCC2C1=O. The molecule has 7 nitrogen and oxygen atoms in total. The molecule has 1 aromatic carbocycles. The highest BCUT2D eigenvalue weighted by Gasteiger charge is 2.47. The number of amides is 3. The molecule has 2 atom stereocenters. The van der Waals surface area contributed by atoms with Crippen LogP contribution in [0, 0.1) is 11.8 Å². The third kappa shape index (κ3) is 5.43. The predicted molar refractivity (Wildman–Crippen MR) is 121 cm³/mol. The van der Waals surface area contributed by atoms with Crippen LogP contribution in [0.15, 0.2) is 18.2 Å². The summed E-state index contributed by atoms with van der Waals surface area (Å²) >= 11 is 0. The first-order valence-electron chi connectivity index (χ1n) is 12.0. The molecule has 1 aliphatic carbocycles. The van der Waals surface area contributed by atoms with Crippen molar-refractivity contribution in [2.75, 3.05) is 26.3 Å². The second-order valence-electron chi connectivity index (χ2n) is 8.54. The summed E-state index contributed by atoms with van der Waals surface area (Å²) in [6.07, 6.45) is 4.58. The largest absolute Gasteiger partial charge is 0.490 e. The van der Waals surface area contributed by atoms with Gasteiger partial charge in [-0.05, 0) is 50.8 Å². The number of fused-ring (bicyclic) bond motifs is 1. The minimum absolute atomic E-state index is 0.0471. The van der Waals surface area contributed by atoms with Gasteiger partial charge in [0.25, 0.3) is 0 Å². The van der Waals surface area contributed by atoms with Crippen molar-refractivity contribution in [1.29, 1.82) is 0 Å². The van der Waals surface area contributed by atoms with Crippen molar-refractivity contribution in [3.8, 4) is 11.5 Å². The molecule has 2 unspecified atom stereocenters. The topological polar surface area (TPSA) is 76.2 Å². The number of ether oxygens (including phenoxy) is 2. The Balaban J connectivity index is 1.64. The van der Waals surface area contributed by atoms with E-state index in [9.17, 15) is 14.4 Å². The average Bonchev–Trinajstić information content (AvgIpc) is 3.04. The second kappa shape index (κ2) is 11.3. The molecule has 176 valence electrons. The zero-order chi connectivity index (χ0) is 23.1. The van der Waals surface area contributed by atoms with Crippen LogP contribution in [-0.2, 0) is 20.9 Å². The third-order valence-electron chi connectivity index (χ3n) is 6.31. The first kappa shape index (κ1) is 24.1. The lowest BCUT2D eigenvalue weighted by Crippen LogP contribution is -2.37. The lowest BCUT2D eigenvalue weighted by molar-refractivity contribution is -0.141. The van der Waals surface area contributed by atoms with Gasteiger partial charge in [0.15, 0.2) is 11.5 Å². The Bertz CT molecular complexity index is 801. The summed E-state index contributed by atoms with van der Waals surface area (Å²) in [6.45, 7) is 8.20. The van der Waals surface area contributed by atoms with Crippen molar-refractivity contribution in [3.63, 3.8) is 0 Å². The molecule has 32 heavy (non-hydrogen) atoms. The number of hydrogen-bond acceptors (Lipinski definition) is 5. The maximum absolute atomic E-state index is 13.0. The standard InChI is InChI=1S/C25H36N2O5/c1-4-14-26(17-18-11-12-21(31-5-2)22(16-18)32-6-3)23(28)13-15-27-24(29)19-9-7-8-10-20(19)25(27)30/h11-12,16,19-20H,4-10,13-15,17H2,1-3H3. The molecule has 1 saturated carbocycles. The monoisotopic (exact) mass is 444 g/mol. The summed E-state index contributed by atoms with van der Waals surface area (Å²) in [5.41, 5.74) is 0.957. The second-order valence-corrected chi connectivity index (χ2v) is 8.54. The lowest BCUT2D eigenvalue weighted by Gasteiger charge is -2.24. The molecule has 0 aromatic heterocycles. The zero-order valence-electron chi connectivity index (χ0n) is 19.6. The molecule has 2 fully saturated rings. The van der Waals surface area contributed by atoms with Gasteiger partial charge in [0, 0.05) is 26.1 Å². The van der Waals surface area contributed by atoms with Crippen molar-refractivity contribution in [2.45, 2.75) is 65.8 Å². The number of carbonyl (C=O) groups is 3. The van der Waals surface area contributed by atoms with E-state index in [-0.39, 0.29) is 42.5 Å². The smallest absolute Gasteiger partial charge is 0.233 e. The molecule has 1 saturated heterocycles. The van der Waals surface area contributed by atoms with E-state index in [0.717, 1.165) is 37.7 Å². The maximum atomic E-state index is 13.0. The predicted octanol–water partition coefficient (Wildman–Crippen LogP) is 3.79. The van der Waals surface area contributed by atoms with Crippen molar-refractivity contribution in [2.24, 2.45) is 11.8 Å². The Labute approximate surface area is 191 Å². The Morgan fingerprint density at radius 1 is 1.00 bits per heavy atom. The first-order chi connectivity index (χ1) is 15.5. The minimum Gasteiger partial charge on any atom is -0.490 e. The third-order valence-corrected chi connectivity index (χ3v) is 6.31. The summed E-state index contributed by atoms with van der Waals surface area (Å²) in [4.78, 5) is 41.5. The molecular weight excluding hydrogens is 408 g/mol. The fourth-order valence-electron chi connectivity index (χ4n) is 4.79. The van der Waals surface area contributed by atoms with Crippen molar-refractivity contribution >= 4 is 17.7 Å². The van der Waals surface area contributed by atoms with E-state index in [1.165, 1.54) is 4.90 Å². The molecule has 3 amide bonds. The summed E-state index contributed by atoms with van der Waals surface area (Å²) in [7, 11) is 0. The number of nitrogens with zero attached hydrogens (tertiary/aromatic N) is 2. The van der Waals surface area contributed by atoms with Gasteiger partial charge in [-0.25, -0.2) is 0 Å². The fraction of sp³-hybridized carbons (Fsp3) is 0.640. The maximum Gasteiger partial charge on any atom is 0.233 e. The Morgan fingerprint density at radius 2 is 1.62 bits per heavy atom. The number of rotatable bonds is 11. The van der Waals surface area contributed by atoms with Crippen LogP contribution in [-0.4, -0.2) is 53.8 Å². The van der Waals surface area contributed by atoms with Crippen molar-refractivity contribution < 1.29 is 23.9 Å². The van der Waals surface area contributed by atoms with E-state index in [1.54, 1.807) is 4.90 Å². The number of benzene rings is 1. The van der Waals surface area contributed by atoms with E-state index in [4.69, 9.17) is 9.47 Å². The van der Waals surface area contributed by atoms with Crippen LogP contribution >= 0.6 is 0 Å². The van der Waals surface area contributed by atoms with Gasteiger partial charge in [-0.2, -0.15) is 0 Å². The van der Waals surface area contributed by atoms with Crippen LogP contribution in [0.3, 0.4) is 0 Å². The van der Waals surface area contributed by atoms with Crippen molar-refractivity contribution in [1.82, 2.24) is 9.80 Å². The highest BCUT2D eigenvalue weighted by Crippen LogP contribution is 2.38. The number of likely N-dealkylation sites (tertiary alicyclic amines) is 1. The Hall–Kier alpha value is -2.57. The van der Waals surface area contributed by atoms with Crippen LogP contribution < -0.4 is 9.47 Å². The molecule has 1 aromatic rings. The van der Waals surface area contributed by atoms with Crippen LogP contribution in [0.4, 0.5) is 0 Å². The normalized spacial score (nSPS) is 20.3. The minimum atomic E-state index is -0.168. The van der Waals surface area contributed by atoms with Gasteiger partial charge in [-0.1, -0.05) is 25.8 Å². The van der Waals surface area contributed by atoms with Crippen LogP contribution in [0.5, 0.6) is 11.5 Å². The van der Waals surface area contributed by atoms with Gasteiger partial charge in [0.1, 0.15) is 0 Å². The van der Waals surface area contributed by atoms with Crippen LogP contribution in [0.2, 0.25) is 0 Å². The molecule has 0 spiro atoms. The molecular formula is C25H36N2O5. The number of hydrogen-bond donors (Lipinski definition) is 0. The van der Waals surface area contributed by atoms with Gasteiger partial charge < -0.3 is 14.4 Å². The number of carbonyl (C=O) groups excluding carboxylic acids is 3. The summed E-state index contributed by atoms with van der Waals surface area (Å²) in [5.74, 6) is 0.822. The molecule has 1 aliphatic heterocycles. The van der Waals surface area contributed by atoms with Gasteiger partial charge in [0.05, 0.1) is 25.0 Å². The van der Waals surface area contributed by atoms with Crippen molar-refractivity contribution in [3.05, 3.63) is 23.8 Å². The van der Waals surface area contributed by atoms with Gasteiger partial charge in [-0.3, -0.25) is 19.3 Å². The highest BCUT2D eigenvalue weighted by atomic mass is 16.5. The summed E-state index contributed by atoms with van der Waals surface area (Å²) < 4.78 is 11.3. The van der Waals surface area contributed by atoms with E-state index in [2.05, 4.69) is 0 Å². The zero-order valence-corrected chi connectivity index (χ0v) is 19.6. The Morgan fingerprint density at radius 3 is 2.22 bits per heavy atom. The van der Waals surface area contributed by atoms with Gasteiger partial charge in [-0.15, -0.1) is 0 Å². The summed E-state index contributed by atoms with van der Waals surface area (Å²) in [6, 6.07) is 5.74. The molecule has 7 heteroatoms. The molecule has 0 N–H and O–H groups in total. The van der Waals surface area contributed by atoms with Gasteiger partial charge >= 0.3 is 0 Å². The fourth-order valence-corrected chi connectivity index (χ4v) is 4.79. The first-order valence-corrected chi connectivity index (χ1v) is 12.0.